The molecule has 1 aliphatic rings. The van der Waals surface area contributed by atoms with Gasteiger partial charge in [0.05, 0.1) is 11.0 Å². The number of thiophene rings is 1. The highest BCUT2D eigenvalue weighted by atomic mass is 32.1. The molecule has 0 bridgehead atoms. The Morgan fingerprint density at radius 2 is 1.22 bits per heavy atom. The van der Waals surface area contributed by atoms with Gasteiger partial charge in [-0.3, -0.25) is 4.57 Å². The summed E-state index contributed by atoms with van der Waals surface area (Å²) in [6, 6.07) is 50.4. The predicted molar refractivity (Wildman–Crippen MR) is 194 cm³/mol. The maximum Gasteiger partial charge on any atom is 0.137 e. The molecule has 0 spiro atoms. The lowest BCUT2D eigenvalue weighted by molar-refractivity contribution is 1.08. The molecule has 1 aliphatic heterocycles. The van der Waals surface area contributed by atoms with E-state index in [0.717, 1.165) is 16.9 Å². The van der Waals surface area contributed by atoms with Crippen molar-refractivity contribution in [3.8, 4) is 22.3 Å². The van der Waals surface area contributed by atoms with Crippen LogP contribution in [0.15, 0.2) is 169 Å². The van der Waals surface area contributed by atoms with Crippen molar-refractivity contribution < 1.29 is 0 Å². The largest absolute Gasteiger partial charge is 0.294 e. The van der Waals surface area contributed by atoms with Gasteiger partial charge in [-0.2, -0.15) is 0 Å². The van der Waals surface area contributed by atoms with Gasteiger partial charge in [0.15, 0.2) is 0 Å². The van der Waals surface area contributed by atoms with Crippen LogP contribution < -0.4 is 0 Å². The second kappa shape index (κ2) is 10.6. The quantitative estimate of drug-likeness (QED) is 0.194. The van der Waals surface area contributed by atoms with Crippen LogP contribution in [0, 0.1) is 0 Å². The van der Waals surface area contributed by atoms with Crippen LogP contribution in [0.25, 0.3) is 64.2 Å². The van der Waals surface area contributed by atoms with E-state index in [2.05, 4.69) is 162 Å². The maximum atomic E-state index is 4.98. The third-order valence-corrected chi connectivity index (χ3v) is 10.2. The van der Waals surface area contributed by atoms with E-state index in [1.807, 2.05) is 17.5 Å². The average Bonchev–Trinajstić information content (AvgIpc) is 3.53. The molecular formula is C42H28N2S. The van der Waals surface area contributed by atoms with Crippen molar-refractivity contribution in [3.05, 3.63) is 170 Å². The first kappa shape index (κ1) is 25.9. The van der Waals surface area contributed by atoms with Crippen molar-refractivity contribution in [3.63, 3.8) is 0 Å². The van der Waals surface area contributed by atoms with Crippen LogP contribution in [-0.4, -0.2) is 10.4 Å². The first-order chi connectivity index (χ1) is 22.3. The standard InChI is InChI=1S/C42H28N2S/c1-3-10-28(11-4-1)30-20-23-41(43-25-24-30)44-38-21-18-31(29-12-5-2-6-13-29)26-36(38)37-27-32(19-22-39(37)44)33-15-9-16-35-34-14-7-8-17-40(34)45-42(33)35/h1-27,30H. The summed E-state index contributed by atoms with van der Waals surface area (Å²) in [7, 11) is 0. The van der Waals surface area contributed by atoms with Crippen LogP contribution in [0.5, 0.6) is 0 Å². The number of fused-ring (bicyclic) bond motifs is 6. The van der Waals surface area contributed by atoms with E-state index in [4.69, 9.17) is 4.99 Å². The molecule has 0 saturated heterocycles. The number of aliphatic imine (C=N–C) groups is 1. The van der Waals surface area contributed by atoms with E-state index in [1.165, 1.54) is 58.8 Å². The third kappa shape index (κ3) is 4.35. The molecule has 1 atom stereocenters. The zero-order valence-corrected chi connectivity index (χ0v) is 25.3. The number of aromatic nitrogens is 1. The number of rotatable bonds is 3. The maximum absolute atomic E-state index is 4.98. The van der Waals surface area contributed by atoms with Gasteiger partial charge >= 0.3 is 0 Å². The Bertz CT molecular complexity index is 2480. The van der Waals surface area contributed by atoms with Crippen molar-refractivity contribution in [2.45, 2.75) is 5.92 Å². The van der Waals surface area contributed by atoms with E-state index >= 15 is 0 Å². The van der Waals surface area contributed by atoms with Crippen LogP contribution in [0.1, 0.15) is 11.5 Å². The van der Waals surface area contributed by atoms with Crippen LogP contribution in [0.2, 0.25) is 0 Å². The van der Waals surface area contributed by atoms with E-state index in [1.54, 1.807) is 0 Å². The van der Waals surface area contributed by atoms with E-state index < -0.39 is 0 Å². The lowest BCUT2D eigenvalue weighted by Gasteiger charge is -2.09. The van der Waals surface area contributed by atoms with Gasteiger partial charge < -0.3 is 0 Å². The number of benzene rings is 6. The molecule has 0 aliphatic carbocycles. The van der Waals surface area contributed by atoms with Gasteiger partial charge in [0.25, 0.3) is 0 Å². The number of hydrogen-bond donors (Lipinski definition) is 0. The van der Waals surface area contributed by atoms with Crippen molar-refractivity contribution in [2.75, 3.05) is 0 Å². The van der Waals surface area contributed by atoms with Crippen molar-refractivity contribution in [1.29, 1.82) is 0 Å². The summed E-state index contributed by atoms with van der Waals surface area (Å²) >= 11 is 1.88. The molecule has 0 radical (unpaired) electrons. The molecule has 2 aromatic heterocycles. The minimum Gasteiger partial charge on any atom is -0.294 e. The monoisotopic (exact) mass is 592 g/mol. The second-order valence-electron chi connectivity index (χ2n) is 11.6. The Hall–Kier alpha value is -5.51. The zero-order chi connectivity index (χ0) is 29.7. The first-order valence-electron chi connectivity index (χ1n) is 15.3. The van der Waals surface area contributed by atoms with Crippen LogP contribution in [0.3, 0.4) is 0 Å². The first-order valence-corrected chi connectivity index (χ1v) is 16.2. The highest BCUT2D eigenvalue weighted by Crippen LogP contribution is 2.42. The summed E-state index contributed by atoms with van der Waals surface area (Å²) in [5.41, 5.74) is 8.49. The highest BCUT2D eigenvalue weighted by molar-refractivity contribution is 7.26. The Labute approximate surface area is 265 Å². The smallest absolute Gasteiger partial charge is 0.137 e. The van der Waals surface area contributed by atoms with Crippen LogP contribution in [0.4, 0.5) is 0 Å². The Morgan fingerprint density at radius 1 is 0.533 bits per heavy atom. The summed E-state index contributed by atoms with van der Waals surface area (Å²) in [5, 5.41) is 5.09. The summed E-state index contributed by atoms with van der Waals surface area (Å²) in [4.78, 5) is 4.98. The molecule has 0 amide bonds. The lowest BCUT2D eigenvalue weighted by atomic mass is 9.99. The summed E-state index contributed by atoms with van der Waals surface area (Å²) in [5.74, 6) is 1.09. The van der Waals surface area contributed by atoms with Gasteiger partial charge in [-0.15, -0.1) is 11.3 Å². The van der Waals surface area contributed by atoms with Crippen LogP contribution >= 0.6 is 11.3 Å². The molecule has 3 heterocycles. The summed E-state index contributed by atoms with van der Waals surface area (Å²) < 4.78 is 4.97. The van der Waals surface area contributed by atoms with E-state index in [9.17, 15) is 0 Å². The zero-order valence-electron chi connectivity index (χ0n) is 24.5. The SMILES string of the molecule is C1=CC(c2ccccc2)C=CC(n2c3ccc(-c4ccccc4)cc3c3cc(-c4cccc5c4sc4ccccc45)ccc32)=N1. The molecule has 0 fully saturated rings. The summed E-state index contributed by atoms with van der Waals surface area (Å²) in [6.45, 7) is 0. The third-order valence-electron chi connectivity index (χ3n) is 8.95. The van der Waals surface area contributed by atoms with Gasteiger partial charge in [0, 0.05) is 43.1 Å². The van der Waals surface area contributed by atoms with Gasteiger partial charge in [-0.1, -0.05) is 121 Å². The van der Waals surface area contributed by atoms with Crippen LogP contribution in [-0.2, 0) is 0 Å². The Kier molecular flexibility index (Phi) is 6.10. The van der Waals surface area contributed by atoms with Crippen molar-refractivity contribution >= 4 is 59.2 Å². The topological polar surface area (TPSA) is 17.3 Å². The second-order valence-corrected chi connectivity index (χ2v) is 12.6. The lowest BCUT2D eigenvalue weighted by Crippen LogP contribution is -2.08. The molecular weight excluding hydrogens is 565 g/mol. The van der Waals surface area contributed by atoms with Crippen molar-refractivity contribution in [2.24, 2.45) is 4.99 Å². The Morgan fingerprint density at radius 3 is 2.04 bits per heavy atom. The molecule has 45 heavy (non-hydrogen) atoms. The minimum atomic E-state index is 0.179. The molecule has 212 valence electrons. The predicted octanol–water partition coefficient (Wildman–Crippen LogP) is 11.6. The van der Waals surface area contributed by atoms with E-state index in [-0.39, 0.29) is 5.92 Å². The number of allylic oxidation sites excluding steroid dienone is 3. The minimum absolute atomic E-state index is 0.179. The molecule has 3 heteroatoms. The summed E-state index contributed by atoms with van der Waals surface area (Å²) in [6.07, 6.45) is 8.56. The fraction of sp³-hybridized carbons (Fsp3) is 0.0238. The molecule has 0 saturated carbocycles. The molecule has 6 aromatic carbocycles. The highest BCUT2D eigenvalue weighted by Gasteiger charge is 2.18. The van der Waals surface area contributed by atoms with Crippen molar-refractivity contribution in [1.82, 2.24) is 4.57 Å². The van der Waals surface area contributed by atoms with Gasteiger partial charge in [-0.25, -0.2) is 4.99 Å². The fourth-order valence-corrected chi connectivity index (χ4v) is 8.00. The number of nitrogens with zero attached hydrogens (tertiary/aromatic N) is 2. The van der Waals surface area contributed by atoms with Gasteiger partial charge in [0.2, 0.25) is 0 Å². The molecule has 1 unspecified atom stereocenters. The Balaban J connectivity index is 1.26. The average molecular weight is 593 g/mol. The molecule has 0 N–H and O–H groups in total. The number of hydrogen-bond acceptors (Lipinski definition) is 2. The molecule has 9 rings (SSSR count). The van der Waals surface area contributed by atoms with E-state index in [0.29, 0.717) is 0 Å². The van der Waals surface area contributed by atoms with Gasteiger partial charge in [0.1, 0.15) is 5.84 Å². The molecule has 2 nitrogen and oxygen atoms in total. The molecule has 8 aromatic rings. The fourth-order valence-electron chi connectivity index (χ4n) is 6.76. The normalized spacial score (nSPS) is 14.8. The van der Waals surface area contributed by atoms with Gasteiger partial charge in [-0.05, 0) is 64.2 Å².